The number of imidazole rings is 1. The van der Waals surface area contributed by atoms with Gasteiger partial charge in [-0.2, -0.15) is 0 Å². The Kier molecular flexibility index (Phi) is 4.01. The van der Waals surface area contributed by atoms with E-state index in [9.17, 15) is 4.79 Å². The van der Waals surface area contributed by atoms with Crippen LogP contribution in [0.25, 0.3) is 0 Å². The summed E-state index contributed by atoms with van der Waals surface area (Å²) in [5, 5.41) is 0. The molecule has 19 heavy (non-hydrogen) atoms. The molecule has 2 rings (SSSR count). The number of hydrogen-bond acceptors (Lipinski definition) is 4. The number of benzene rings is 1. The fourth-order valence-electron chi connectivity index (χ4n) is 1.82. The molecule has 5 nitrogen and oxygen atoms in total. The predicted molar refractivity (Wildman–Crippen MR) is 73.1 cm³/mol. The zero-order valence-corrected chi connectivity index (χ0v) is 11.5. The van der Waals surface area contributed by atoms with Crippen molar-refractivity contribution in [2.75, 3.05) is 14.2 Å². The first kappa shape index (κ1) is 13.4. The van der Waals surface area contributed by atoms with E-state index in [1.54, 1.807) is 7.11 Å². The van der Waals surface area contributed by atoms with Crippen molar-refractivity contribution in [1.29, 1.82) is 0 Å². The van der Waals surface area contributed by atoms with Crippen LogP contribution in [0.5, 0.6) is 5.75 Å². The van der Waals surface area contributed by atoms with Crippen molar-refractivity contribution in [1.82, 2.24) is 9.97 Å². The van der Waals surface area contributed by atoms with Crippen molar-refractivity contribution in [2.24, 2.45) is 0 Å². The quantitative estimate of drug-likeness (QED) is 0.666. The Hall–Kier alpha value is -2.08. The normalized spacial score (nSPS) is 10.2. The Balaban J connectivity index is 2.32. The van der Waals surface area contributed by atoms with E-state index < -0.39 is 5.97 Å². The molecule has 6 heteroatoms. The van der Waals surface area contributed by atoms with Crippen molar-refractivity contribution in [2.45, 2.75) is 6.42 Å². The second-order valence-corrected chi connectivity index (χ2v) is 4.36. The average molecular weight is 278 g/mol. The first-order valence-corrected chi connectivity index (χ1v) is 6.07. The van der Waals surface area contributed by atoms with Crippen molar-refractivity contribution < 1.29 is 14.3 Å². The Morgan fingerprint density at radius 2 is 2.11 bits per heavy atom. The number of methoxy groups -OCH3 is 2. The first-order chi connectivity index (χ1) is 9.13. The molecule has 0 spiro atoms. The molecule has 0 unspecified atom stereocenters. The van der Waals surface area contributed by atoms with Crippen LogP contribution in [0.3, 0.4) is 0 Å². The molecule has 0 radical (unpaired) electrons. The zero-order valence-electron chi connectivity index (χ0n) is 10.6. The van der Waals surface area contributed by atoms with Gasteiger partial charge in [-0.15, -0.1) is 0 Å². The van der Waals surface area contributed by atoms with E-state index in [4.69, 9.17) is 21.7 Å². The van der Waals surface area contributed by atoms with E-state index in [2.05, 4.69) is 9.97 Å². The van der Waals surface area contributed by atoms with Gasteiger partial charge in [0.05, 0.1) is 19.9 Å². The number of hydrogen-bond donors (Lipinski definition) is 2. The summed E-state index contributed by atoms with van der Waals surface area (Å²) in [6, 6.07) is 7.62. The lowest BCUT2D eigenvalue weighted by Gasteiger charge is -2.04. The standard InChI is InChI=1S/C13H14N2O3S/c1-17-9-5-3-4-8(6-9)7-10-11(12(16)18-2)15-13(19)14-10/h3-6H,7H2,1-2H3,(H2,14,15,19). The lowest BCUT2D eigenvalue weighted by molar-refractivity contribution is 0.0593. The molecule has 0 bridgehead atoms. The Morgan fingerprint density at radius 3 is 2.79 bits per heavy atom. The largest absolute Gasteiger partial charge is 0.497 e. The van der Waals surface area contributed by atoms with Crippen molar-refractivity contribution in [3.63, 3.8) is 0 Å². The van der Waals surface area contributed by atoms with Gasteiger partial charge < -0.3 is 19.4 Å². The molecule has 0 atom stereocenters. The zero-order chi connectivity index (χ0) is 13.8. The lowest BCUT2D eigenvalue weighted by atomic mass is 10.1. The Bertz CT molecular complexity index is 645. The van der Waals surface area contributed by atoms with Crippen LogP contribution in [0.1, 0.15) is 21.7 Å². The molecule has 2 aromatic rings. The minimum atomic E-state index is -0.440. The third kappa shape index (κ3) is 3.03. The topological polar surface area (TPSA) is 67.1 Å². The Morgan fingerprint density at radius 1 is 1.32 bits per heavy atom. The molecule has 0 aliphatic carbocycles. The number of ether oxygens (including phenoxy) is 2. The molecule has 2 N–H and O–H groups in total. The number of aromatic amines is 2. The van der Waals surface area contributed by atoms with Crippen LogP contribution in [0.4, 0.5) is 0 Å². The van der Waals surface area contributed by atoms with Gasteiger partial charge in [-0.3, -0.25) is 0 Å². The van der Waals surface area contributed by atoms with Crippen molar-refractivity contribution in [3.8, 4) is 5.75 Å². The van der Waals surface area contributed by atoms with Gasteiger partial charge in [0.1, 0.15) is 11.4 Å². The summed E-state index contributed by atoms with van der Waals surface area (Å²) in [6.45, 7) is 0. The highest BCUT2D eigenvalue weighted by molar-refractivity contribution is 7.71. The lowest BCUT2D eigenvalue weighted by Crippen LogP contribution is -2.06. The fraction of sp³-hybridized carbons (Fsp3) is 0.231. The molecule has 0 aliphatic heterocycles. The van der Waals surface area contributed by atoms with Gasteiger partial charge in [0, 0.05) is 6.42 Å². The maximum absolute atomic E-state index is 11.6. The summed E-state index contributed by atoms with van der Waals surface area (Å²) in [4.78, 5) is 17.4. The minimum Gasteiger partial charge on any atom is -0.497 e. The number of aromatic nitrogens is 2. The van der Waals surface area contributed by atoms with E-state index in [0.29, 0.717) is 22.6 Å². The van der Waals surface area contributed by atoms with Crippen LogP contribution in [0.2, 0.25) is 0 Å². The van der Waals surface area contributed by atoms with Gasteiger partial charge in [-0.1, -0.05) is 12.1 Å². The van der Waals surface area contributed by atoms with E-state index >= 15 is 0 Å². The third-order valence-corrected chi connectivity index (χ3v) is 2.91. The maximum atomic E-state index is 11.6. The predicted octanol–water partition coefficient (Wildman–Crippen LogP) is 2.46. The van der Waals surface area contributed by atoms with E-state index in [0.717, 1.165) is 11.3 Å². The average Bonchev–Trinajstić information content (AvgIpc) is 2.79. The molecule has 0 saturated heterocycles. The second kappa shape index (κ2) is 5.71. The third-order valence-electron chi connectivity index (χ3n) is 2.71. The van der Waals surface area contributed by atoms with Crippen LogP contribution in [-0.2, 0) is 11.2 Å². The van der Waals surface area contributed by atoms with Crippen LogP contribution in [-0.4, -0.2) is 30.2 Å². The van der Waals surface area contributed by atoms with Crippen LogP contribution in [0, 0.1) is 4.77 Å². The Labute approximate surface area is 115 Å². The molecule has 1 aromatic heterocycles. The number of carbonyl (C=O) groups excluding carboxylic acids is 1. The smallest absolute Gasteiger partial charge is 0.356 e. The van der Waals surface area contributed by atoms with E-state index in [1.807, 2.05) is 24.3 Å². The maximum Gasteiger partial charge on any atom is 0.356 e. The van der Waals surface area contributed by atoms with Gasteiger partial charge in [0.15, 0.2) is 4.77 Å². The van der Waals surface area contributed by atoms with E-state index in [-0.39, 0.29) is 0 Å². The highest BCUT2D eigenvalue weighted by Gasteiger charge is 2.15. The molecule has 1 aromatic carbocycles. The number of H-pyrrole nitrogens is 2. The van der Waals surface area contributed by atoms with Crippen LogP contribution in [0.15, 0.2) is 24.3 Å². The monoisotopic (exact) mass is 278 g/mol. The summed E-state index contributed by atoms with van der Waals surface area (Å²) >= 11 is 5.01. The summed E-state index contributed by atoms with van der Waals surface area (Å²) in [5.74, 6) is 0.330. The van der Waals surface area contributed by atoms with Gasteiger partial charge in [-0.05, 0) is 29.9 Å². The molecule has 0 saturated carbocycles. The van der Waals surface area contributed by atoms with Gasteiger partial charge in [0.2, 0.25) is 0 Å². The van der Waals surface area contributed by atoms with Gasteiger partial charge in [0.25, 0.3) is 0 Å². The van der Waals surface area contributed by atoms with Gasteiger partial charge >= 0.3 is 5.97 Å². The summed E-state index contributed by atoms with van der Waals surface area (Å²) in [5.41, 5.74) is 2.06. The fourth-order valence-corrected chi connectivity index (χ4v) is 2.04. The summed E-state index contributed by atoms with van der Waals surface area (Å²) < 4.78 is 10.3. The molecule has 0 fully saturated rings. The molecule has 0 aliphatic rings. The van der Waals surface area contributed by atoms with Crippen LogP contribution >= 0.6 is 12.2 Å². The second-order valence-electron chi connectivity index (χ2n) is 3.95. The molecule has 1 heterocycles. The highest BCUT2D eigenvalue weighted by atomic mass is 32.1. The molecular weight excluding hydrogens is 264 g/mol. The summed E-state index contributed by atoms with van der Waals surface area (Å²) in [7, 11) is 2.95. The van der Waals surface area contributed by atoms with Gasteiger partial charge in [-0.25, -0.2) is 4.79 Å². The number of rotatable bonds is 4. The molecule has 100 valence electrons. The molecule has 0 amide bonds. The summed E-state index contributed by atoms with van der Waals surface area (Å²) in [6.07, 6.45) is 0.536. The van der Waals surface area contributed by atoms with Crippen molar-refractivity contribution in [3.05, 3.63) is 46.0 Å². The SMILES string of the molecule is COC(=O)c1[nH]c(=S)[nH]c1Cc1cccc(OC)c1. The van der Waals surface area contributed by atoms with Crippen LogP contribution < -0.4 is 4.74 Å². The number of carbonyl (C=O) groups is 1. The van der Waals surface area contributed by atoms with Crippen molar-refractivity contribution >= 4 is 18.2 Å². The number of esters is 1. The first-order valence-electron chi connectivity index (χ1n) is 5.66. The number of nitrogens with one attached hydrogen (secondary N) is 2. The minimum absolute atomic E-state index is 0.357. The van der Waals surface area contributed by atoms with E-state index in [1.165, 1.54) is 7.11 Å². The molecular formula is C13H14N2O3S. The highest BCUT2D eigenvalue weighted by Crippen LogP contribution is 2.17.